The molecule has 0 spiro atoms. The van der Waals surface area contributed by atoms with Crippen molar-refractivity contribution in [3.05, 3.63) is 54.0 Å². The van der Waals surface area contributed by atoms with Crippen LogP contribution in [0.5, 0.6) is 0 Å². The second kappa shape index (κ2) is 8.20. The Labute approximate surface area is 157 Å². The van der Waals surface area contributed by atoms with Crippen molar-refractivity contribution in [3.63, 3.8) is 0 Å². The standard InChI is InChI=1S/C19H24FN7/c1-5-8-14-16(22-12-26-18(14)24-17(7-3)25-26)11-13-9-10-23-27(13)19(21-4)15(20)6-2/h6,9-10,12,15,19H,2,4-5,7-8,11H2,1,3H3. The van der Waals surface area contributed by atoms with E-state index in [9.17, 15) is 4.39 Å². The molecule has 3 aromatic heterocycles. The van der Waals surface area contributed by atoms with Crippen LogP contribution < -0.4 is 0 Å². The van der Waals surface area contributed by atoms with E-state index in [-0.39, 0.29) is 0 Å². The van der Waals surface area contributed by atoms with Crippen LogP contribution in [0.15, 0.2) is 36.2 Å². The van der Waals surface area contributed by atoms with Crippen LogP contribution in [-0.2, 0) is 19.3 Å². The van der Waals surface area contributed by atoms with Gasteiger partial charge in [0.1, 0.15) is 6.33 Å². The van der Waals surface area contributed by atoms with E-state index in [0.29, 0.717) is 6.42 Å². The first kappa shape index (κ1) is 18.9. The van der Waals surface area contributed by atoms with E-state index in [2.05, 4.69) is 45.4 Å². The zero-order chi connectivity index (χ0) is 19.4. The topological polar surface area (TPSA) is 73.3 Å². The number of halogens is 1. The lowest BCUT2D eigenvalue weighted by Gasteiger charge is -2.18. The molecule has 0 aliphatic rings. The molecule has 2 unspecified atom stereocenters. The zero-order valence-corrected chi connectivity index (χ0v) is 15.7. The third-order valence-electron chi connectivity index (χ3n) is 4.48. The number of aliphatic imine (C=N–C) groups is 1. The highest BCUT2D eigenvalue weighted by molar-refractivity contribution is 5.50. The molecule has 0 aromatic carbocycles. The number of aromatic nitrogens is 6. The quantitative estimate of drug-likeness (QED) is 0.429. The van der Waals surface area contributed by atoms with Gasteiger partial charge < -0.3 is 0 Å². The van der Waals surface area contributed by atoms with Gasteiger partial charge in [-0.25, -0.2) is 23.6 Å². The van der Waals surface area contributed by atoms with Crippen molar-refractivity contribution in [2.75, 3.05) is 0 Å². The van der Waals surface area contributed by atoms with Crippen molar-refractivity contribution in [1.82, 2.24) is 29.4 Å². The van der Waals surface area contributed by atoms with Gasteiger partial charge in [0.15, 0.2) is 23.8 Å². The maximum absolute atomic E-state index is 14.2. The van der Waals surface area contributed by atoms with Crippen LogP contribution in [0.1, 0.15) is 49.2 Å². The molecule has 2 atom stereocenters. The fraction of sp³-hybridized carbons (Fsp3) is 0.421. The Morgan fingerprint density at radius 2 is 2.19 bits per heavy atom. The lowest BCUT2D eigenvalue weighted by molar-refractivity contribution is 0.269. The molecule has 0 saturated heterocycles. The molecule has 27 heavy (non-hydrogen) atoms. The smallest absolute Gasteiger partial charge is 0.175 e. The van der Waals surface area contributed by atoms with Gasteiger partial charge in [0.25, 0.3) is 0 Å². The normalized spacial score (nSPS) is 13.6. The summed E-state index contributed by atoms with van der Waals surface area (Å²) in [6.07, 6.45) is 5.37. The van der Waals surface area contributed by atoms with Gasteiger partial charge in [0.05, 0.1) is 5.69 Å². The number of aryl methyl sites for hydroxylation is 2. The second-order valence-corrected chi connectivity index (χ2v) is 6.29. The summed E-state index contributed by atoms with van der Waals surface area (Å²) in [5, 5.41) is 8.69. The van der Waals surface area contributed by atoms with Crippen molar-refractivity contribution in [2.24, 2.45) is 4.99 Å². The van der Waals surface area contributed by atoms with Gasteiger partial charge in [-0.05, 0) is 19.2 Å². The summed E-state index contributed by atoms with van der Waals surface area (Å²) in [6.45, 7) is 11.1. The first-order chi connectivity index (χ1) is 13.1. The van der Waals surface area contributed by atoms with Crippen LogP contribution in [0.25, 0.3) is 5.65 Å². The van der Waals surface area contributed by atoms with Gasteiger partial charge in [-0.15, -0.1) is 11.7 Å². The minimum absolute atomic E-state index is 0.496. The third-order valence-corrected chi connectivity index (χ3v) is 4.48. The fourth-order valence-corrected chi connectivity index (χ4v) is 3.12. The molecule has 0 fully saturated rings. The average Bonchev–Trinajstić information content (AvgIpc) is 3.31. The lowest BCUT2D eigenvalue weighted by atomic mass is 10.1. The SMILES string of the molecule is C=CC(F)C(N=C)n1nccc1Cc1ncn2nc(CC)nc2c1CCC. The molecule has 0 saturated carbocycles. The number of hydrogen-bond donors (Lipinski definition) is 0. The van der Waals surface area contributed by atoms with Gasteiger partial charge in [-0.1, -0.05) is 26.3 Å². The predicted molar refractivity (Wildman–Crippen MR) is 103 cm³/mol. The molecule has 3 aromatic rings. The van der Waals surface area contributed by atoms with Crippen LogP contribution in [0.4, 0.5) is 4.39 Å². The van der Waals surface area contributed by atoms with Crippen LogP contribution in [0.3, 0.4) is 0 Å². The van der Waals surface area contributed by atoms with Crippen molar-refractivity contribution in [2.45, 2.75) is 51.9 Å². The molecule has 7 nitrogen and oxygen atoms in total. The Balaban J connectivity index is 2.02. The highest BCUT2D eigenvalue weighted by Gasteiger charge is 2.22. The number of fused-ring (bicyclic) bond motifs is 1. The van der Waals surface area contributed by atoms with Crippen LogP contribution >= 0.6 is 0 Å². The summed E-state index contributed by atoms with van der Waals surface area (Å²) in [4.78, 5) is 13.1. The summed E-state index contributed by atoms with van der Waals surface area (Å²) in [7, 11) is 0. The molecule has 0 radical (unpaired) electrons. The van der Waals surface area contributed by atoms with Crippen molar-refractivity contribution in [3.8, 4) is 0 Å². The molecule has 8 heteroatoms. The lowest BCUT2D eigenvalue weighted by Crippen LogP contribution is -2.20. The Morgan fingerprint density at radius 1 is 1.37 bits per heavy atom. The van der Waals surface area contributed by atoms with E-state index in [1.165, 1.54) is 6.08 Å². The monoisotopic (exact) mass is 369 g/mol. The van der Waals surface area contributed by atoms with E-state index in [1.54, 1.807) is 21.7 Å². The summed E-state index contributed by atoms with van der Waals surface area (Å²) in [5.41, 5.74) is 3.58. The maximum Gasteiger partial charge on any atom is 0.175 e. The Morgan fingerprint density at radius 3 is 2.85 bits per heavy atom. The molecule has 0 N–H and O–H groups in total. The number of hydrogen-bond acceptors (Lipinski definition) is 5. The second-order valence-electron chi connectivity index (χ2n) is 6.29. The largest absolute Gasteiger partial charge is 0.271 e. The van der Waals surface area contributed by atoms with E-state index < -0.39 is 12.3 Å². The van der Waals surface area contributed by atoms with E-state index in [1.807, 2.05) is 13.0 Å². The molecule has 0 aliphatic carbocycles. The molecule has 3 heterocycles. The molecule has 3 rings (SSSR count). The van der Waals surface area contributed by atoms with Crippen molar-refractivity contribution >= 4 is 12.4 Å². The first-order valence-electron chi connectivity index (χ1n) is 9.09. The van der Waals surface area contributed by atoms with Gasteiger partial charge in [-0.2, -0.15) is 5.10 Å². The molecule has 0 bridgehead atoms. The molecule has 0 aliphatic heterocycles. The Kier molecular flexibility index (Phi) is 5.73. The zero-order valence-electron chi connectivity index (χ0n) is 15.7. The minimum atomic E-state index is -1.37. The van der Waals surface area contributed by atoms with Crippen LogP contribution in [-0.4, -0.2) is 42.3 Å². The molecule has 142 valence electrons. The molecule has 0 amide bonds. The summed E-state index contributed by atoms with van der Waals surface area (Å²) in [5.74, 6) is 0.790. The van der Waals surface area contributed by atoms with Crippen LogP contribution in [0, 0.1) is 0 Å². The fourth-order valence-electron chi connectivity index (χ4n) is 3.12. The molecular formula is C19H24FN7. The van der Waals surface area contributed by atoms with Crippen LogP contribution in [0.2, 0.25) is 0 Å². The van der Waals surface area contributed by atoms with Crippen molar-refractivity contribution in [1.29, 1.82) is 0 Å². The summed E-state index contributed by atoms with van der Waals surface area (Å²) < 4.78 is 17.5. The maximum atomic E-state index is 14.2. The number of nitrogens with zero attached hydrogens (tertiary/aromatic N) is 7. The third kappa shape index (κ3) is 3.65. The van der Waals surface area contributed by atoms with Gasteiger partial charge >= 0.3 is 0 Å². The van der Waals surface area contributed by atoms with Gasteiger partial charge in [0.2, 0.25) is 0 Å². The Hall–Kier alpha value is -2.90. The highest BCUT2D eigenvalue weighted by atomic mass is 19.1. The first-order valence-corrected chi connectivity index (χ1v) is 9.09. The predicted octanol–water partition coefficient (Wildman–Crippen LogP) is 3.15. The number of alkyl halides is 1. The highest BCUT2D eigenvalue weighted by Crippen LogP contribution is 2.23. The average molecular weight is 369 g/mol. The van der Waals surface area contributed by atoms with E-state index in [0.717, 1.165) is 47.7 Å². The summed E-state index contributed by atoms with van der Waals surface area (Å²) in [6, 6.07) is 1.84. The van der Waals surface area contributed by atoms with Gasteiger partial charge in [-0.3, -0.25) is 4.99 Å². The van der Waals surface area contributed by atoms with Crippen molar-refractivity contribution < 1.29 is 4.39 Å². The minimum Gasteiger partial charge on any atom is -0.271 e. The van der Waals surface area contributed by atoms with E-state index in [4.69, 9.17) is 0 Å². The van der Waals surface area contributed by atoms with Gasteiger partial charge in [0, 0.05) is 30.3 Å². The van der Waals surface area contributed by atoms with E-state index >= 15 is 0 Å². The molecular weight excluding hydrogens is 345 g/mol. The Bertz CT molecular complexity index is 943. The number of rotatable bonds is 9. The summed E-state index contributed by atoms with van der Waals surface area (Å²) >= 11 is 0.